The third-order valence-corrected chi connectivity index (χ3v) is 4.58. The fourth-order valence-electron chi connectivity index (χ4n) is 2.37. The molecule has 1 aromatic carbocycles. The molecule has 0 aliphatic carbocycles. The largest absolute Gasteiger partial charge is 0.459 e. The number of nitrogens with zero attached hydrogens (tertiary/aromatic N) is 1. The second-order valence-corrected chi connectivity index (χ2v) is 6.66. The van der Waals surface area contributed by atoms with E-state index in [1.165, 1.54) is 29.7 Å². The number of nitrogens with one attached hydrogen (secondary N) is 2. The quantitative estimate of drug-likeness (QED) is 0.620. The van der Waals surface area contributed by atoms with Crippen LogP contribution in [0.15, 0.2) is 52.5 Å². The first kappa shape index (κ1) is 18.8. The summed E-state index contributed by atoms with van der Waals surface area (Å²) in [6.45, 7) is 0.492. The third-order valence-electron chi connectivity index (χ3n) is 3.77. The topological polar surface area (TPSA) is 84.2 Å². The fourth-order valence-corrected chi connectivity index (χ4v) is 3.11. The lowest BCUT2D eigenvalue weighted by molar-refractivity contribution is -0.121. The second-order valence-electron chi connectivity index (χ2n) is 5.80. The zero-order valence-corrected chi connectivity index (χ0v) is 15.2. The molecule has 0 unspecified atom stereocenters. The number of hydrogen-bond acceptors (Lipinski definition) is 5. The Kier molecular flexibility index (Phi) is 6.32. The summed E-state index contributed by atoms with van der Waals surface area (Å²) in [5, 5.41) is 7.76. The van der Waals surface area contributed by atoms with Gasteiger partial charge in [-0.15, -0.1) is 11.3 Å². The molecule has 8 heteroatoms. The average molecular weight is 387 g/mol. The molecule has 0 atom stereocenters. The van der Waals surface area contributed by atoms with Crippen LogP contribution in [0.3, 0.4) is 0 Å². The lowest BCUT2D eigenvalue weighted by Crippen LogP contribution is -2.25. The van der Waals surface area contributed by atoms with Crippen LogP contribution in [0.4, 0.5) is 9.52 Å². The van der Waals surface area contributed by atoms with Gasteiger partial charge in [-0.2, -0.15) is 0 Å². The first-order chi connectivity index (χ1) is 13.1. The van der Waals surface area contributed by atoms with Crippen molar-refractivity contribution in [2.24, 2.45) is 0 Å². The van der Waals surface area contributed by atoms with Crippen LogP contribution in [0.5, 0.6) is 0 Å². The maximum atomic E-state index is 12.8. The normalized spacial score (nSPS) is 10.6. The maximum absolute atomic E-state index is 12.8. The van der Waals surface area contributed by atoms with Crippen molar-refractivity contribution in [3.05, 3.63) is 70.9 Å². The predicted octanol–water partition coefficient (Wildman–Crippen LogP) is 3.42. The van der Waals surface area contributed by atoms with Gasteiger partial charge in [-0.25, -0.2) is 9.37 Å². The molecule has 2 N–H and O–H groups in total. The molecule has 0 bridgehead atoms. The van der Waals surface area contributed by atoms with Crippen LogP contribution in [0.25, 0.3) is 0 Å². The van der Waals surface area contributed by atoms with E-state index in [1.54, 1.807) is 24.3 Å². The molecule has 2 heterocycles. The first-order valence-corrected chi connectivity index (χ1v) is 9.28. The lowest BCUT2D eigenvalue weighted by Gasteiger charge is -2.05. The van der Waals surface area contributed by atoms with Crippen LogP contribution < -0.4 is 10.6 Å². The van der Waals surface area contributed by atoms with Crippen LogP contribution in [0.2, 0.25) is 0 Å². The van der Waals surface area contributed by atoms with Gasteiger partial charge in [-0.1, -0.05) is 12.1 Å². The third kappa shape index (κ3) is 5.75. The van der Waals surface area contributed by atoms with Crippen LogP contribution in [-0.2, 0) is 17.6 Å². The van der Waals surface area contributed by atoms with Crippen molar-refractivity contribution in [3.8, 4) is 0 Å². The highest BCUT2D eigenvalue weighted by Crippen LogP contribution is 2.17. The van der Waals surface area contributed by atoms with Gasteiger partial charge in [-0.05, 0) is 42.7 Å². The molecule has 0 spiro atoms. The summed E-state index contributed by atoms with van der Waals surface area (Å²) >= 11 is 1.30. The number of rotatable bonds is 8. The number of halogens is 1. The highest BCUT2D eigenvalue weighted by Gasteiger charge is 2.12. The molecule has 2 amide bonds. The van der Waals surface area contributed by atoms with E-state index in [9.17, 15) is 14.0 Å². The molecular formula is C19H18FN3O3S. The molecule has 0 aliphatic heterocycles. The summed E-state index contributed by atoms with van der Waals surface area (Å²) in [4.78, 5) is 28.1. The molecule has 0 saturated carbocycles. The van der Waals surface area contributed by atoms with Crippen LogP contribution in [0.1, 0.15) is 28.2 Å². The molecule has 140 valence electrons. The van der Waals surface area contributed by atoms with Gasteiger partial charge >= 0.3 is 0 Å². The van der Waals surface area contributed by atoms with E-state index >= 15 is 0 Å². The van der Waals surface area contributed by atoms with Gasteiger partial charge in [0.15, 0.2) is 10.9 Å². The summed E-state index contributed by atoms with van der Waals surface area (Å²) in [5.41, 5.74) is 1.71. The van der Waals surface area contributed by atoms with Gasteiger partial charge in [0, 0.05) is 18.3 Å². The average Bonchev–Trinajstić information content (AvgIpc) is 3.33. The van der Waals surface area contributed by atoms with Crippen molar-refractivity contribution in [2.75, 3.05) is 11.9 Å². The number of thiazole rings is 1. The van der Waals surface area contributed by atoms with Crippen molar-refractivity contribution in [2.45, 2.75) is 19.3 Å². The van der Waals surface area contributed by atoms with Gasteiger partial charge in [-0.3, -0.25) is 14.9 Å². The Balaban J connectivity index is 1.38. The molecular weight excluding hydrogens is 369 g/mol. The van der Waals surface area contributed by atoms with Crippen molar-refractivity contribution in [1.29, 1.82) is 0 Å². The summed E-state index contributed by atoms with van der Waals surface area (Å²) in [6.07, 6.45) is 2.86. The standard InChI is InChI=1S/C19H18FN3O3S/c20-14-5-3-13(4-6-14)9-10-21-17(24)8-7-15-12-27-19(22-15)23-18(25)16-2-1-11-26-16/h1-6,11-12H,7-10H2,(H,21,24)(H,22,23,25). The van der Waals surface area contributed by atoms with Crippen molar-refractivity contribution in [3.63, 3.8) is 0 Å². The maximum Gasteiger partial charge on any atom is 0.293 e. The molecule has 0 fully saturated rings. The Bertz CT molecular complexity index is 891. The zero-order valence-electron chi connectivity index (χ0n) is 14.4. The molecule has 2 aromatic heterocycles. The van der Waals surface area contributed by atoms with E-state index in [4.69, 9.17) is 4.42 Å². The minimum absolute atomic E-state index is 0.0775. The number of benzene rings is 1. The van der Waals surface area contributed by atoms with E-state index in [0.29, 0.717) is 30.9 Å². The minimum atomic E-state index is -0.362. The number of aryl methyl sites for hydroxylation is 1. The summed E-state index contributed by atoms with van der Waals surface area (Å²) < 4.78 is 17.9. The Morgan fingerprint density at radius 1 is 1.15 bits per heavy atom. The first-order valence-electron chi connectivity index (χ1n) is 8.40. The smallest absolute Gasteiger partial charge is 0.293 e. The van der Waals surface area contributed by atoms with Crippen molar-refractivity contribution < 1.29 is 18.4 Å². The summed E-state index contributed by atoms with van der Waals surface area (Å²) in [6, 6.07) is 9.42. The molecule has 6 nitrogen and oxygen atoms in total. The number of aromatic nitrogens is 1. The fraction of sp³-hybridized carbons (Fsp3) is 0.211. The number of hydrogen-bond donors (Lipinski definition) is 2. The van der Waals surface area contributed by atoms with E-state index in [2.05, 4.69) is 15.6 Å². The van der Waals surface area contributed by atoms with Crippen molar-refractivity contribution in [1.82, 2.24) is 10.3 Å². The molecule has 27 heavy (non-hydrogen) atoms. The minimum Gasteiger partial charge on any atom is -0.459 e. The Morgan fingerprint density at radius 2 is 1.96 bits per heavy atom. The van der Waals surface area contributed by atoms with Gasteiger partial charge in [0.2, 0.25) is 5.91 Å². The summed E-state index contributed by atoms with van der Waals surface area (Å²) in [5.74, 6) is -0.497. The lowest BCUT2D eigenvalue weighted by atomic mass is 10.1. The van der Waals surface area contributed by atoms with Crippen LogP contribution >= 0.6 is 11.3 Å². The molecule has 0 saturated heterocycles. The Morgan fingerprint density at radius 3 is 2.70 bits per heavy atom. The molecule has 3 aromatic rings. The van der Waals surface area contributed by atoms with Gasteiger partial charge < -0.3 is 9.73 Å². The predicted molar refractivity (Wildman–Crippen MR) is 100 cm³/mol. The van der Waals surface area contributed by atoms with Gasteiger partial charge in [0.25, 0.3) is 5.91 Å². The molecule has 0 radical (unpaired) electrons. The molecule has 3 rings (SSSR count). The highest BCUT2D eigenvalue weighted by atomic mass is 32.1. The second kappa shape index (κ2) is 9.09. The highest BCUT2D eigenvalue weighted by molar-refractivity contribution is 7.13. The summed E-state index contributed by atoms with van der Waals surface area (Å²) in [7, 11) is 0. The van der Waals surface area contributed by atoms with Crippen molar-refractivity contribution >= 4 is 28.3 Å². The van der Waals surface area contributed by atoms with E-state index in [1.807, 2.05) is 5.38 Å². The Labute approximate surface area is 159 Å². The Hall–Kier alpha value is -3.00. The van der Waals surface area contributed by atoms with Crippen LogP contribution in [-0.4, -0.2) is 23.3 Å². The van der Waals surface area contributed by atoms with E-state index < -0.39 is 0 Å². The SMILES string of the molecule is O=C(CCc1csc(NC(=O)c2ccco2)n1)NCCc1ccc(F)cc1. The number of furan rings is 1. The zero-order chi connectivity index (χ0) is 19.1. The van der Waals surface area contributed by atoms with Crippen LogP contribution in [0, 0.1) is 5.82 Å². The monoisotopic (exact) mass is 387 g/mol. The number of anilines is 1. The van der Waals surface area contributed by atoms with Gasteiger partial charge in [0.1, 0.15) is 5.82 Å². The van der Waals surface area contributed by atoms with E-state index in [0.717, 1.165) is 11.3 Å². The number of carbonyl (C=O) groups excluding carboxylic acids is 2. The number of carbonyl (C=O) groups is 2. The molecule has 0 aliphatic rings. The van der Waals surface area contributed by atoms with E-state index in [-0.39, 0.29) is 23.4 Å². The number of amides is 2. The van der Waals surface area contributed by atoms with Gasteiger partial charge in [0.05, 0.1) is 12.0 Å².